The summed E-state index contributed by atoms with van der Waals surface area (Å²) < 4.78 is 0. The molecule has 0 bridgehead atoms. The average Bonchev–Trinajstić information content (AvgIpc) is 2.65. The zero-order valence-electron chi connectivity index (χ0n) is 7.73. The van der Waals surface area contributed by atoms with Gasteiger partial charge in [-0.05, 0) is 29.1 Å². The molecule has 0 aliphatic carbocycles. The Morgan fingerprint density at radius 3 is 3.07 bits per heavy atom. The van der Waals surface area contributed by atoms with Gasteiger partial charge < -0.3 is 9.78 Å². The van der Waals surface area contributed by atoms with E-state index in [4.69, 9.17) is 0 Å². The van der Waals surface area contributed by atoms with Crippen LogP contribution in [0.1, 0.15) is 12.0 Å². The fourth-order valence-corrected chi connectivity index (χ4v) is 1.44. The van der Waals surface area contributed by atoms with Crippen LogP contribution in [-0.4, -0.2) is 11.3 Å². The summed E-state index contributed by atoms with van der Waals surface area (Å²) in [5.41, 5.74) is 2.26. The van der Waals surface area contributed by atoms with Crippen molar-refractivity contribution in [2.75, 3.05) is 0 Å². The third-order valence-corrected chi connectivity index (χ3v) is 2.12. The maximum absolute atomic E-state index is 10.1. The summed E-state index contributed by atoms with van der Waals surface area (Å²) in [6, 6.07) is 8.19. The second-order valence-electron chi connectivity index (χ2n) is 3.13. The summed E-state index contributed by atoms with van der Waals surface area (Å²) in [5.74, 6) is 0. The first-order chi connectivity index (χ1) is 6.90. The number of aromatic amines is 1. The number of H-pyrrole nitrogens is 1. The molecule has 1 N–H and O–H groups in total. The fourth-order valence-electron chi connectivity index (χ4n) is 1.44. The molecule has 0 radical (unpaired) electrons. The van der Waals surface area contributed by atoms with Gasteiger partial charge in [0.15, 0.2) is 0 Å². The van der Waals surface area contributed by atoms with Gasteiger partial charge in [-0.2, -0.15) is 0 Å². The lowest BCUT2D eigenvalue weighted by atomic mass is 10.1. The van der Waals surface area contributed by atoms with Crippen molar-refractivity contribution < 1.29 is 4.79 Å². The first kappa shape index (κ1) is 8.75. The van der Waals surface area contributed by atoms with Gasteiger partial charge in [0.2, 0.25) is 0 Å². The van der Waals surface area contributed by atoms with Crippen LogP contribution in [0.15, 0.2) is 36.5 Å². The minimum Gasteiger partial charge on any atom is -0.361 e. The zero-order chi connectivity index (χ0) is 9.80. The van der Waals surface area contributed by atoms with Crippen molar-refractivity contribution in [1.29, 1.82) is 0 Å². The maximum atomic E-state index is 10.1. The third-order valence-electron chi connectivity index (χ3n) is 2.12. The topological polar surface area (TPSA) is 32.9 Å². The molecule has 0 aliphatic heterocycles. The van der Waals surface area contributed by atoms with Gasteiger partial charge in [-0.15, -0.1) is 0 Å². The third kappa shape index (κ3) is 1.74. The number of hydrogen-bond acceptors (Lipinski definition) is 1. The summed E-state index contributed by atoms with van der Waals surface area (Å²) in [6.45, 7) is 0. The standard InChI is InChI=1S/C12H11NO/c14-8-2-1-3-10-4-5-12-11(9-10)6-7-13-12/h1,3-9,13H,2H2. The zero-order valence-corrected chi connectivity index (χ0v) is 7.73. The van der Waals surface area contributed by atoms with Crippen LogP contribution in [0.2, 0.25) is 0 Å². The van der Waals surface area contributed by atoms with Gasteiger partial charge in [-0.3, -0.25) is 0 Å². The molecule has 0 amide bonds. The van der Waals surface area contributed by atoms with Gasteiger partial charge in [0.05, 0.1) is 0 Å². The molecule has 1 aromatic heterocycles. The molecule has 0 spiro atoms. The van der Waals surface area contributed by atoms with Gasteiger partial charge in [-0.25, -0.2) is 0 Å². The van der Waals surface area contributed by atoms with Crippen LogP contribution in [0.25, 0.3) is 17.0 Å². The molecule has 2 nitrogen and oxygen atoms in total. The molecule has 1 aromatic carbocycles. The van der Waals surface area contributed by atoms with Crippen LogP contribution >= 0.6 is 0 Å². The normalized spacial score (nSPS) is 11.1. The smallest absolute Gasteiger partial charge is 0.123 e. The molecular formula is C12H11NO. The van der Waals surface area contributed by atoms with Gasteiger partial charge in [0, 0.05) is 18.1 Å². The first-order valence-corrected chi connectivity index (χ1v) is 4.57. The van der Waals surface area contributed by atoms with E-state index in [1.807, 2.05) is 36.5 Å². The molecule has 0 fully saturated rings. The Kier molecular flexibility index (Phi) is 2.45. The van der Waals surface area contributed by atoms with E-state index in [-0.39, 0.29) is 0 Å². The lowest BCUT2D eigenvalue weighted by Crippen LogP contribution is -1.73. The van der Waals surface area contributed by atoms with E-state index in [1.165, 1.54) is 5.39 Å². The Morgan fingerprint density at radius 1 is 1.29 bits per heavy atom. The lowest BCUT2D eigenvalue weighted by molar-refractivity contribution is -0.107. The van der Waals surface area contributed by atoms with Crippen LogP contribution in [0.4, 0.5) is 0 Å². The van der Waals surface area contributed by atoms with Gasteiger partial charge in [0.1, 0.15) is 6.29 Å². The van der Waals surface area contributed by atoms with Crippen molar-refractivity contribution >= 4 is 23.3 Å². The molecule has 0 saturated heterocycles. The monoisotopic (exact) mass is 185 g/mol. The van der Waals surface area contributed by atoms with Crippen LogP contribution in [0.5, 0.6) is 0 Å². The molecule has 2 rings (SSSR count). The number of aldehydes is 1. The number of fused-ring (bicyclic) bond motifs is 1. The Balaban J connectivity index is 2.29. The molecule has 0 unspecified atom stereocenters. The van der Waals surface area contributed by atoms with Crippen molar-refractivity contribution in [3.8, 4) is 0 Å². The Morgan fingerprint density at radius 2 is 2.21 bits per heavy atom. The molecule has 0 atom stereocenters. The molecule has 0 saturated carbocycles. The van der Waals surface area contributed by atoms with Crippen LogP contribution in [-0.2, 0) is 4.79 Å². The number of benzene rings is 1. The van der Waals surface area contributed by atoms with E-state index < -0.39 is 0 Å². The van der Waals surface area contributed by atoms with Crippen molar-refractivity contribution in [2.24, 2.45) is 0 Å². The van der Waals surface area contributed by atoms with E-state index >= 15 is 0 Å². The Labute approximate surface area is 82.3 Å². The van der Waals surface area contributed by atoms with Crippen LogP contribution in [0, 0.1) is 0 Å². The number of allylic oxidation sites excluding steroid dienone is 1. The number of hydrogen-bond donors (Lipinski definition) is 1. The average molecular weight is 185 g/mol. The van der Waals surface area contributed by atoms with E-state index in [1.54, 1.807) is 0 Å². The molecule has 14 heavy (non-hydrogen) atoms. The quantitative estimate of drug-likeness (QED) is 0.733. The molecule has 1 heterocycles. The summed E-state index contributed by atoms with van der Waals surface area (Å²) in [4.78, 5) is 13.2. The highest BCUT2D eigenvalue weighted by atomic mass is 16.1. The predicted molar refractivity (Wildman–Crippen MR) is 58.0 cm³/mol. The second-order valence-corrected chi connectivity index (χ2v) is 3.13. The van der Waals surface area contributed by atoms with Gasteiger partial charge >= 0.3 is 0 Å². The number of carbonyl (C=O) groups excluding carboxylic acids is 1. The highest BCUT2D eigenvalue weighted by Crippen LogP contribution is 2.15. The van der Waals surface area contributed by atoms with Crippen molar-refractivity contribution in [3.63, 3.8) is 0 Å². The van der Waals surface area contributed by atoms with E-state index in [0.717, 1.165) is 17.4 Å². The number of carbonyl (C=O) groups is 1. The van der Waals surface area contributed by atoms with Crippen molar-refractivity contribution in [1.82, 2.24) is 4.98 Å². The molecule has 70 valence electrons. The largest absolute Gasteiger partial charge is 0.361 e. The number of aromatic nitrogens is 1. The maximum Gasteiger partial charge on any atom is 0.123 e. The first-order valence-electron chi connectivity index (χ1n) is 4.57. The highest BCUT2D eigenvalue weighted by molar-refractivity contribution is 5.81. The number of nitrogens with one attached hydrogen (secondary N) is 1. The molecule has 2 heteroatoms. The van der Waals surface area contributed by atoms with E-state index in [0.29, 0.717) is 6.42 Å². The Bertz CT molecular complexity index is 468. The summed E-state index contributed by atoms with van der Waals surface area (Å²) >= 11 is 0. The Hall–Kier alpha value is -1.83. The van der Waals surface area contributed by atoms with Crippen LogP contribution in [0.3, 0.4) is 0 Å². The SMILES string of the molecule is O=CCC=Cc1ccc2[nH]ccc2c1. The minimum absolute atomic E-state index is 0.477. The van der Waals surface area contributed by atoms with Crippen LogP contribution < -0.4 is 0 Å². The van der Waals surface area contributed by atoms with E-state index in [2.05, 4.69) is 11.1 Å². The van der Waals surface area contributed by atoms with Crippen molar-refractivity contribution in [2.45, 2.75) is 6.42 Å². The molecule has 0 aliphatic rings. The second kappa shape index (κ2) is 3.92. The highest BCUT2D eigenvalue weighted by Gasteiger charge is 1.93. The predicted octanol–water partition coefficient (Wildman–Crippen LogP) is 2.77. The summed E-state index contributed by atoms with van der Waals surface area (Å²) in [5, 5.41) is 1.19. The molecular weight excluding hydrogens is 174 g/mol. The van der Waals surface area contributed by atoms with E-state index in [9.17, 15) is 4.79 Å². The summed E-state index contributed by atoms with van der Waals surface area (Å²) in [6.07, 6.45) is 7.11. The van der Waals surface area contributed by atoms with Crippen molar-refractivity contribution in [3.05, 3.63) is 42.1 Å². The summed E-state index contributed by atoms with van der Waals surface area (Å²) in [7, 11) is 0. The number of rotatable bonds is 3. The lowest BCUT2D eigenvalue weighted by Gasteiger charge is -1.93. The van der Waals surface area contributed by atoms with Gasteiger partial charge in [-0.1, -0.05) is 18.2 Å². The fraction of sp³-hybridized carbons (Fsp3) is 0.0833. The van der Waals surface area contributed by atoms with Gasteiger partial charge in [0.25, 0.3) is 0 Å². The molecule has 2 aromatic rings. The minimum atomic E-state index is 0.477.